The summed E-state index contributed by atoms with van der Waals surface area (Å²) in [6.07, 6.45) is 3.13. The van der Waals surface area contributed by atoms with E-state index in [2.05, 4.69) is 15.5 Å². The molecule has 132 valence electrons. The first-order valence-electron chi connectivity index (χ1n) is 8.02. The summed E-state index contributed by atoms with van der Waals surface area (Å²) < 4.78 is 7.39. The standard InChI is InChI=1S/C19H18N4O3/c1-13-6-7-18(17(8-13)23-11-20-21-12-23)26-10-19(25)22-16-5-3-4-15(9-16)14(2)24/h3-9,11-12H,10H2,1-2H3,(H,22,25). The Labute approximate surface area is 150 Å². The Bertz CT molecular complexity index is 936. The van der Waals surface area contributed by atoms with Gasteiger partial charge in [0.2, 0.25) is 0 Å². The van der Waals surface area contributed by atoms with Gasteiger partial charge in [-0.3, -0.25) is 14.2 Å². The molecule has 0 bridgehead atoms. The maximum atomic E-state index is 12.2. The van der Waals surface area contributed by atoms with Crippen molar-refractivity contribution in [1.29, 1.82) is 0 Å². The molecule has 0 aliphatic carbocycles. The van der Waals surface area contributed by atoms with Gasteiger partial charge in [-0.1, -0.05) is 18.2 Å². The van der Waals surface area contributed by atoms with Crippen LogP contribution in [0, 0.1) is 6.92 Å². The Balaban J connectivity index is 1.69. The van der Waals surface area contributed by atoms with E-state index in [1.807, 2.05) is 19.1 Å². The van der Waals surface area contributed by atoms with Gasteiger partial charge in [0, 0.05) is 11.3 Å². The van der Waals surface area contributed by atoms with Crippen LogP contribution in [-0.2, 0) is 4.79 Å². The third kappa shape index (κ3) is 4.13. The summed E-state index contributed by atoms with van der Waals surface area (Å²) in [5.41, 5.74) is 2.89. The quantitative estimate of drug-likeness (QED) is 0.691. The molecule has 7 heteroatoms. The number of rotatable bonds is 6. The number of hydrogen-bond donors (Lipinski definition) is 1. The zero-order valence-corrected chi connectivity index (χ0v) is 14.5. The highest BCUT2D eigenvalue weighted by Gasteiger charge is 2.10. The van der Waals surface area contributed by atoms with Gasteiger partial charge in [0.15, 0.2) is 12.4 Å². The number of nitrogens with zero attached hydrogens (tertiary/aromatic N) is 3. The summed E-state index contributed by atoms with van der Waals surface area (Å²) in [6, 6.07) is 12.4. The molecule has 1 amide bonds. The molecule has 7 nitrogen and oxygen atoms in total. The highest BCUT2D eigenvalue weighted by molar-refractivity contribution is 5.97. The molecule has 3 aromatic rings. The number of aryl methyl sites for hydroxylation is 1. The van der Waals surface area contributed by atoms with Crippen LogP contribution < -0.4 is 10.1 Å². The molecule has 1 aromatic heterocycles. The summed E-state index contributed by atoms with van der Waals surface area (Å²) in [5.74, 6) is 0.166. The maximum Gasteiger partial charge on any atom is 0.262 e. The van der Waals surface area contributed by atoms with E-state index in [-0.39, 0.29) is 18.3 Å². The number of hydrogen-bond acceptors (Lipinski definition) is 5. The van der Waals surface area contributed by atoms with E-state index in [0.29, 0.717) is 17.0 Å². The number of carbonyl (C=O) groups excluding carboxylic acids is 2. The van der Waals surface area contributed by atoms with Crippen LogP contribution in [0.2, 0.25) is 0 Å². The molecular formula is C19H18N4O3. The van der Waals surface area contributed by atoms with Crippen LogP contribution in [0.4, 0.5) is 5.69 Å². The highest BCUT2D eigenvalue weighted by Crippen LogP contribution is 2.24. The summed E-state index contributed by atoms with van der Waals surface area (Å²) in [5, 5.41) is 10.3. The summed E-state index contributed by atoms with van der Waals surface area (Å²) in [4.78, 5) is 23.6. The van der Waals surface area contributed by atoms with Gasteiger partial charge in [-0.25, -0.2) is 0 Å². The zero-order valence-electron chi connectivity index (χ0n) is 14.5. The van der Waals surface area contributed by atoms with Crippen molar-refractivity contribution in [2.24, 2.45) is 0 Å². The fourth-order valence-corrected chi connectivity index (χ4v) is 2.43. The average molecular weight is 350 g/mol. The van der Waals surface area contributed by atoms with Crippen LogP contribution >= 0.6 is 0 Å². The lowest BCUT2D eigenvalue weighted by atomic mass is 10.1. The Morgan fingerprint density at radius 2 is 1.88 bits per heavy atom. The van der Waals surface area contributed by atoms with Gasteiger partial charge >= 0.3 is 0 Å². The van der Waals surface area contributed by atoms with Crippen molar-refractivity contribution in [2.45, 2.75) is 13.8 Å². The van der Waals surface area contributed by atoms with Gasteiger partial charge in [0.05, 0.1) is 5.69 Å². The summed E-state index contributed by atoms with van der Waals surface area (Å²) in [7, 11) is 0. The van der Waals surface area contributed by atoms with Gasteiger partial charge in [-0.15, -0.1) is 10.2 Å². The number of carbonyl (C=O) groups is 2. The molecule has 26 heavy (non-hydrogen) atoms. The fraction of sp³-hybridized carbons (Fsp3) is 0.158. The third-order valence-electron chi connectivity index (χ3n) is 3.72. The van der Waals surface area contributed by atoms with Gasteiger partial charge in [0.25, 0.3) is 5.91 Å². The van der Waals surface area contributed by atoms with E-state index in [0.717, 1.165) is 11.3 Å². The Kier molecular flexibility index (Phi) is 5.07. The lowest BCUT2D eigenvalue weighted by Crippen LogP contribution is -2.20. The van der Waals surface area contributed by atoms with Crippen molar-refractivity contribution in [3.05, 3.63) is 66.2 Å². The number of amides is 1. The molecular weight excluding hydrogens is 332 g/mol. The first-order chi connectivity index (χ1) is 12.5. The predicted molar refractivity (Wildman–Crippen MR) is 96.7 cm³/mol. The summed E-state index contributed by atoms with van der Waals surface area (Å²) >= 11 is 0. The van der Waals surface area contributed by atoms with Crippen LogP contribution in [0.5, 0.6) is 5.75 Å². The van der Waals surface area contributed by atoms with Crippen molar-refractivity contribution in [3.63, 3.8) is 0 Å². The SMILES string of the molecule is CC(=O)c1cccc(NC(=O)COc2ccc(C)cc2-n2cnnc2)c1. The molecule has 0 spiro atoms. The number of aromatic nitrogens is 3. The van der Waals surface area contributed by atoms with Crippen molar-refractivity contribution >= 4 is 17.4 Å². The maximum absolute atomic E-state index is 12.2. The average Bonchev–Trinajstić information content (AvgIpc) is 3.15. The number of ketones is 1. The minimum atomic E-state index is -0.319. The van der Waals surface area contributed by atoms with E-state index >= 15 is 0 Å². The number of ether oxygens (including phenoxy) is 1. The first-order valence-corrected chi connectivity index (χ1v) is 8.02. The largest absolute Gasteiger partial charge is 0.482 e. The fourth-order valence-electron chi connectivity index (χ4n) is 2.43. The second-order valence-corrected chi connectivity index (χ2v) is 5.81. The van der Waals surface area contributed by atoms with Gasteiger partial charge < -0.3 is 10.1 Å². The highest BCUT2D eigenvalue weighted by atomic mass is 16.5. The van der Waals surface area contributed by atoms with Gasteiger partial charge in [0.1, 0.15) is 18.4 Å². The second kappa shape index (κ2) is 7.60. The van der Waals surface area contributed by atoms with Gasteiger partial charge in [-0.2, -0.15) is 0 Å². The van der Waals surface area contributed by atoms with E-state index in [1.165, 1.54) is 6.92 Å². The van der Waals surface area contributed by atoms with Crippen LogP contribution in [0.3, 0.4) is 0 Å². The monoisotopic (exact) mass is 350 g/mol. The van der Waals surface area contributed by atoms with Crippen LogP contribution in [0.25, 0.3) is 5.69 Å². The molecule has 0 unspecified atom stereocenters. The van der Waals surface area contributed by atoms with Gasteiger partial charge in [-0.05, 0) is 43.7 Å². The molecule has 2 aromatic carbocycles. The van der Waals surface area contributed by atoms with Crippen molar-refractivity contribution in [3.8, 4) is 11.4 Å². The smallest absolute Gasteiger partial charge is 0.262 e. The minimum absolute atomic E-state index is 0.0596. The van der Waals surface area contributed by atoms with Crippen molar-refractivity contribution in [2.75, 3.05) is 11.9 Å². The molecule has 0 saturated heterocycles. The second-order valence-electron chi connectivity index (χ2n) is 5.81. The van der Waals surface area contributed by atoms with Crippen molar-refractivity contribution < 1.29 is 14.3 Å². The van der Waals surface area contributed by atoms with Crippen molar-refractivity contribution in [1.82, 2.24) is 14.8 Å². The summed E-state index contributed by atoms with van der Waals surface area (Å²) in [6.45, 7) is 3.28. The number of nitrogens with one attached hydrogen (secondary N) is 1. The number of benzene rings is 2. The Morgan fingerprint density at radius 1 is 1.12 bits per heavy atom. The molecule has 1 N–H and O–H groups in total. The molecule has 0 radical (unpaired) electrons. The lowest BCUT2D eigenvalue weighted by molar-refractivity contribution is -0.118. The minimum Gasteiger partial charge on any atom is -0.482 e. The van der Waals surface area contributed by atoms with E-state index < -0.39 is 0 Å². The van der Waals surface area contributed by atoms with E-state index in [1.54, 1.807) is 47.6 Å². The molecule has 0 aliphatic heterocycles. The number of Topliss-reactive ketones (excluding diaryl/α,β-unsaturated/α-hetero) is 1. The lowest BCUT2D eigenvalue weighted by Gasteiger charge is -2.13. The Morgan fingerprint density at radius 3 is 2.62 bits per heavy atom. The molecule has 0 atom stereocenters. The van der Waals surface area contributed by atoms with E-state index in [4.69, 9.17) is 4.74 Å². The molecule has 3 rings (SSSR count). The molecule has 0 fully saturated rings. The zero-order chi connectivity index (χ0) is 18.5. The predicted octanol–water partition coefficient (Wildman–Crippen LogP) is 2.80. The normalized spacial score (nSPS) is 10.4. The third-order valence-corrected chi connectivity index (χ3v) is 3.72. The Hall–Kier alpha value is -3.48. The molecule has 0 saturated carbocycles. The first kappa shape index (κ1) is 17.3. The molecule has 1 heterocycles. The topological polar surface area (TPSA) is 86.1 Å². The van der Waals surface area contributed by atoms with Crippen LogP contribution in [-0.4, -0.2) is 33.1 Å². The van der Waals surface area contributed by atoms with E-state index in [9.17, 15) is 9.59 Å². The van der Waals surface area contributed by atoms with Crippen LogP contribution in [0.15, 0.2) is 55.1 Å². The number of anilines is 1. The molecule has 0 aliphatic rings. The van der Waals surface area contributed by atoms with Crippen LogP contribution in [0.1, 0.15) is 22.8 Å².